The average molecular weight is 799 g/mol. The van der Waals surface area contributed by atoms with Crippen LogP contribution in [-0.2, 0) is 90.3 Å². The third-order valence-electron chi connectivity index (χ3n) is 9.76. The molecular weight excluding hydrogens is 756 g/mol. The minimum atomic E-state index is -0.392. The molecule has 6 aromatic rings. The van der Waals surface area contributed by atoms with Crippen molar-refractivity contribution in [2.45, 2.75) is 38.5 Å². The number of fused-ring (bicyclic) bond motifs is 3. The first-order valence-corrected chi connectivity index (χ1v) is 17.8. The van der Waals surface area contributed by atoms with Crippen LogP contribution in [0.3, 0.4) is 0 Å². The average Bonchev–Trinajstić information content (AvgIpc) is 4.06. The molecular formula is C33H42N12O12. The Kier molecular flexibility index (Phi) is 11.1. The minimum Gasteiger partial charge on any atom is -0.348 e. The van der Waals surface area contributed by atoms with Crippen LogP contribution in [0.25, 0.3) is 33.5 Å². The molecule has 0 radical (unpaired) electrons. The number of hydrogen-bond donors (Lipinski definition) is 0. The van der Waals surface area contributed by atoms with Crippen molar-refractivity contribution in [3.05, 3.63) is 81.5 Å². The van der Waals surface area contributed by atoms with E-state index in [1.807, 2.05) is 0 Å². The Morgan fingerprint density at radius 1 is 0.421 bits per heavy atom. The standard InChI is InChI=1S/3C11H14N4O4/c3*1-13-9-8(10(16)14(2)11(13)17)15(6-12-9)5-7-18-3-4-19-7/h3*6-7H,3-5H2,1-2H3. The first kappa shape index (κ1) is 39.4. The monoisotopic (exact) mass is 798 g/mol. The lowest BCUT2D eigenvalue weighted by Crippen LogP contribution is -2.37. The van der Waals surface area contributed by atoms with E-state index in [0.717, 1.165) is 13.7 Å². The maximum absolute atomic E-state index is 12.2. The van der Waals surface area contributed by atoms with Crippen LogP contribution >= 0.6 is 0 Å². The summed E-state index contributed by atoms with van der Waals surface area (Å²) in [6.07, 6.45) is 3.45. The molecule has 3 saturated heterocycles. The molecule has 0 spiro atoms. The molecule has 0 unspecified atom stereocenters. The van der Waals surface area contributed by atoms with Gasteiger partial charge in [-0.2, -0.15) is 0 Å². The number of ether oxygens (including phenoxy) is 6. The van der Waals surface area contributed by atoms with E-state index in [0.29, 0.717) is 92.8 Å². The van der Waals surface area contributed by atoms with Crippen LogP contribution < -0.4 is 33.7 Å². The van der Waals surface area contributed by atoms with Crippen molar-refractivity contribution in [2.75, 3.05) is 39.6 Å². The number of hydrogen-bond acceptors (Lipinski definition) is 15. The number of rotatable bonds is 6. The number of aryl methyl sites for hydroxylation is 3. The fraction of sp³-hybridized carbons (Fsp3) is 0.545. The summed E-state index contributed by atoms with van der Waals surface area (Å²) in [5, 5.41) is 0. The van der Waals surface area contributed by atoms with E-state index in [2.05, 4.69) is 15.0 Å². The Balaban J connectivity index is 0.000000131. The first-order valence-electron chi connectivity index (χ1n) is 17.8. The predicted molar refractivity (Wildman–Crippen MR) is 198 cm³/mol. The van der Waals surface area contributed by atoms with Crippen molar-refractivity contribution in [1.29, 1.82) is 0 Å². The summed E-state index contributed by atoms with van der Waals surface area (Å²) in [6.45, 7) is 4.43. The molecule has 57 heavy (non-hydrogen) atoms. The van der Waals surface area contributed by atoms with Crippen LogP contribution in [-0.4, -0.2) is 115 Å². The van der Waals surface area contributed by atoms with Gasteiger partial charge in [-0.15, -0.1) is 0 Å². The van der Waals surface area contributed by atoms with Gasteiger partial charge in [0.25, 0.3) is 16.7 Å². The maximum atomic E-state index is 12.2. The lowest BCUT2D eigenvalue weighted by atomic mass is 10.5. The van der Waals surface area contributed by atoms with Crippen molar-refractivity contribution in [1.82, 2.24) is 56.1 Å². The molecule has 24 nitrogen and oxygen atoms in total. The fourth-order valence-electron chi connectivity index (χ4n) is 6.63. The third kappa shape index (κ3) is 7.33. The minimum absolute atomic E-state index is 0.367. The Morgan fingerprint density at radius 2 is 0.649 bits per heavy atom. The summed E-state index contributed by atoms with van der Waals surface area (Å²) in [5.41, 5.74) is -0.0430. The van der Waals surface area contributed by atoms with Gasteiger partial charge in [0.05, 0.1) is 78.3 Å². The van der Waals surface area contributed by atoms with Crippen molar-refractivity contribution in [3.63, 3.8) is 0 Å². The summed E-state index contributed by atoms with van der Waals surface area (Å²) in [5.74, 6) is 0. The van der Waals surface area contributed by atoms with E-state index in [-0.39, 0.29) is 35.5 Å². The number of imidazole rings is 3. The maximum Gasteiger partial charge on any atom is 0.332 e. The van der Waals surface area contributed by atoms with Crippen LogP contribution in [0.2, 0.25) is 0 Å². The predicted octanol–water partition coefficient (Wildman–Crippen LogP) is -3.58. The van der Waals surface area contributed by atoms with E-state index in [4.69, 9.17) is 28.4 Å². The molecule has 0 bridgehead atoms. The van der Waals surface area contributed by atoms with Crippen LogP contribution in [0.1, 0.15) is 0 Å². The van der Waals surface area contributed by atoms with Gasteiger partial charge in [0.2, 0.25) is 0 Å². The molecule has 24 heteroatoms. The molecule has 306 valence electrons. The van der Waals surface area contributed by atoms with Gasteiger partial charge in [-0.25, -0.2) is 29.3 Å². The van der Waals surface area contributed by atoms with Gasteiger partial charge in [-0.1, -0.05) is 0 Å². The summed E-state index contributed by atoms with van der Waals surface area (Å²) >= 11 is 0. The van der Waals surface area contributed by atoms with Gasteiger partial charge in [0, 0.05) is 42.3 Å². The van der Waals surface area contributed by atoms with E-state index in [1.54, 1.807) is 34.8 Å². The van der Waals surface area contributed by atoms with Gasteiger partial charge >= 0.3 is 17.1 Å². The molecule has 0 aliphatic carbocycles. The van der Waals surface area contributed by atoms with Gasteiger partial charge in [-0.05, 0) is 0 Å². The van der Waals surface area contributed by atoms with E-state index in [1.165, 1.54) is 53.8 Å². The number of aromatic nitrogens is 12. The van der Waals surface area contributed by atoms with Gasteiger partial charge < -0.3 is 42.1 Å². The molecule has 9 rings (SSSR count). The summed E-state index contributed by atoms with van der Waals surface area (Å²) in [4.78, 5) is 84.2. The highest BCUT2D eigenvalue weighted by molar-refractivity contribution is 5.71. The second-order valence-corrected chi connectivity index (χ2v) is 13.3. The normalized spacial score (nSPS) is 16.5. The highest BCUT2D eigenvalue weighted by atomic mass is 16.7. The first-order chi connectivity index (χ1) is 27.3. The highest BCUT2D eigenvalue weighted by Crippen LogP contribution is 2.14. The smallest absolute Gasteiger partial charge is 0.332 e. The Morgan fingerprint density at radius 3 is 0.877 bits per heavy atom. The van der Waals surface area contributed by atoms with Crippen molar-refractivity contribution in [3.8, 4) is 0 Å². The summed E-state index contributed by atoms with van der Waals surface area (Å²) in [6, 6.07) is 0. The lowest BCUT2D eigenvalue weighted by Gasteiger charge is -2.10. The largest absolute Gasteiger partial charge is 0.348 e. The zero-order chi connectivity index (χ0) is 40.7. The number of nitrogens with zero attached hydrogens (tertiary/aromatic N) is 12. The lowest BCUT2D eigenvalue weighted by molar-refractivity contribution is -0.0520. The van der Waals surface area contributed by atoms with E-state index < -0.39 is 17.1 Å². The van der Waals surface area contributed by atoms with Crippen LogP contribution in [0.15, 0.2) is 47.7 Å². The molecule has 3 aliphatic heterocycles. The highest BCUT2D eigenvalue weighted by Gasteiger charge is 2.23. The Hall–Kier alpha value is -5.79. The Bertz CT molecular complexity index is 2510. The zero-order valence-corrected chi connectivity index (χ0v) is 32.1. The molecule has 9 heterocycles. The second-order valence-electron chi connectivity index (χ2n) is 13.3. The van der Waals surface area contributed by atoms with Crippen molar-refractivity contribution < 1.29 is 28.4 Å². The molecule has 0 atom stereocenters. The van der Waals surface area contributed by atoms with Crippen molar-refractivity contribution in [2.24, 2.45) is 42.3 Å². The zero-order valence-electron chi connectivity index (χ0n) is 32.1. The molecule has 6 aromatic heterocycles. The van der Waals surface area contributed by atoms with E-state index >= 15 is 0 Å². The van der Waals surface area contributed by atoms with Crippen molar-refractivity contribution >= 4 is 33.5 Å². The molecule has 0 N–H and O–H groups in total. The quantitative estimate of drug-likeness (QED) is 0.158. The Labute approximate surface area is 319 Å². The van der Waals surface area contributed by atoms with Crippen LogP contribution in [0.4, 0.5) is 0 Å². The van der Waals surface area contributed by atoms with Crippen LogP contribution in [0.5, 0.6) is 0 Å². The molecule has 3 aliphatic rings. The van der Waals surface area contributed by atoms with E-state index in [9.17, 15) is 28.8 Å². The molecule has 0 aromatic carbocycles. The topological polar surface area (TPSA) is 241 Å². The molecule has 0 amide bonds. The van der Waals surface area contributed by atoms with Crippen LogP contribution in [0, 0.1) is 0 Å². The third-order valence-corrected chi connectivity index (χ3v) is 9.76. The van der Waals surface area contributed by atoms with Gasteiger partial charge in [-0.3, -0.25) is 41.8 Å². The van der Waals surface area contributed by atoms with Gasteiger partial charge in [0.15, 0.2) is 52.4 Å². The summed E-state index contributed by atoms with van der Waals surface area (Å²) < 4.78 is 44.3. The fourth-order valence-corrected chi connectivity index (χ4v) is 6.63. The SMILES string of the molecule is Cn1c(=O)c2c(ncn2CC2OCCO2)n(C)c1=O.Cn1c(=O)c2c(ncn2CC2OCCO2)n(C)c1=O.Cn1c(=O)c2c(ncn2CC2OCCO2)n(C)c1=O. The van der Waals surface area contributed by atoms with Gasteiger partial charge in [0.1, 0.15) is 0 Å². The summed E-state index contributed by atoms with van der Waals surface area (Å²) in [7, 11) is 9.11. The molecule has 0 saturated carbocycles. The molecule has 3 fully saturated rings. The second kappa shape index (κ2) is 16.0.